The number of anilines is 1. The maximum Gasteiger partial charge on any atom is 0.253 e. The maximum atomic E-state index is 12.9. The molecule has 0 bridgehead atoms. The molecule has 29 heavy (non-hydrogen) atoms. The molecule has 0 spiro atoms. The third kappa shape index (κ3) is 4.77. The van der Waals surface area contributed by atoms with Gasteiger partial charge in [0, 0.05) is 43.3 Å². The lowest BCUT2D eigenvalue weighted by molar-refractivity contribution is 0.0785. The van der Waals surface area contributed by atoms with Crippen molar-refractivity contribution in [2.75, 3.05) is 25.0 Å². The smallest absolute Gasteiger partial charge is 0.253 e. The van der Waals surface area contributed by atoms with Gasteiger partial charge in [0.1, 0.15) is 12.4 Å². The van der Waals surface area contributed by atoms with Crippen LogP contribution in [0.2, 0.25) is 0 Å². The number of ether oxygens (including phenoxy) is 1. The molecule has 1 aliphatic heterocycles. The van der Waals surface area contributed by atoms with Gasteiger partial charge in [-0.1, -0.05) is 18.2 Å². The van der Waals surface area contributed by atoms with E-state index in [1.54, 1.807) is 21.7 Å². The number of rotatable bonds is 7. The summed E-state index contributed by atoms with van der Waals surface area (Å²) in [5.74, 6) is 0.740. The van der Waals surface area contributed by atoms with Crippen LogP contribution in [0.25, 0.3) is 0 Å². The largest absolute Gasteiger partial charge is 0.487 e. The van der Waals surface area contributed by atoms with Gasteiger partial charge in [0.2, 0.25) is 0 Å². The van der Waals surface area contributed by atoms with Crippen LogP contribution in [0.3, 0.4) is 0 Å². The topological polar surface area (TPSA) is 45.7 Å². The fraction of sp³-hybridized carbons (Fsp3) is 0.304. The molecule has 0 saturated carbocycles. The summed E-state index contributed by atoms with van der Waals surface area (Å²) in [7, 11) is 1.86. The number of aromatic nitrogens is 1. The average Bonchev–Trinajstić information content (AvgIpc) is 3.47. The minimum atomic E-state index is 0.00674. The lowest BCUT2D eigenvalue weighted by Crippen LogP contribution is -2.28. The van der Waals surface area contributed by atoms with Gasteiger partial charge >= 0.3 is 0 Å². The number of carbonyl (C=O) groups is 1. The molecule has 150 valence electrons. The summed E-state index contributed by atoms with van der Waals surface area (Å²) < 4.78 is 5.73. The van der Waals surface area contributed by atoms with Crippen LogP contribution >= 0.6 is 11.3 Å². The second kappa shape index (κ2) is 9.09. The molecule has 0 unspecified atom stereocenters. The van der Waals surface area contributed by atoms with E-state index in [-0.39, 0.29) is 5.91 Å². The predicted molar refractivity (Wildman–Crippen MR) is 117 cm³/mol. The van der Waals surface area contributed by atoms with E-state index >= 15 is 0 Å². The first-order chi connectivity index (χ1) is 14.2. The summed E-state index contributed by atoms with van der Waals surface area (Å²) in [6.45, 7) is 3.21. The molecule has 1 amide bonds. The Morgan fingerprint density at radius 1 is 1.14 bits per heavy atom. The van der Waals surface area contributed by atoms with E-state index in [1.807, 2.05) is 42.8 Å². The van der Waals surface area contributed by atoms with Gasteiger partial charge in [0.25, 0.3) is 5.91 Å². The van der Waals surface area contributed by atoms with Crippen molar-refractivity contribution in [3.63, 3.8) is 0 Å². The van der Waals surface area contributed by atoms with Gasteiger partial charge in [0.15, 0.2) is 0 Å². The second-order valence-electron chi connectivity index (χ2n) is 7.28. The van der Waals surface area contributed by atoms with Gasteiger partial charge < -0.3 is 14.5 Å². The molecule has 1 saturated heterocycles. The number of thiazole rings is 1. The molecule has 1 fully saturated rings. The van der Waals surface area contributed by atoms with E-state index in [4.69, 9.17) is 4.74 Å². The van der Waals surface area contributed by atoms with Gasteiger partial charge in [-0.2, -0.15) is 0 Å². The molecule has 2 aromatic carbocycles. The Morgan fingerprint density at radius 3 is 2.62 bits per heavy atom. The third-order valence-electron chi connectivity index (χ3n) is 5.16. The number of benzene rings is 2. The van der Waals surface area contributed by atoms with Crippen LogP contribution in [0.4, 0.5) is 5.69 Å². The van der Waals surface area contributed by atoms with E-state index in [2.05, 4.69) is 28.1 Å². The summed E-state index contributed by atoms with van der Waals surface area (Å²) in [6, 6.07) is 15.7. The Hall–Kier alpha value is -2.86. The van der Waals surface area contributed by atoms with Crippen LogP contribution < -0.4 is 9.64 Å². The van der Waals surface area contributed by atoms with E-state index in [1.165, 1.54) is 24.1 Å². The molecule has 5 nitrogen and oxygen atoms in total. The Labute approximate surface area is 175 Å². The SMILES string of the molecule is CN(Cc1ccccc1N1CCCC1)C(=O)c1ccc(OCc2cscn2)cc1. The Bertz CT molecular complexity index is 935. The molecule has 3 aromatic rings. The fourth-order valence-corrected chi connectivity index (χ4v) is 4.16. The van der Waals surface area contributed by atoms with Crippen molar-refractivity contribution >= 4 is 22.9 Å². The Morgan fingerprint density at radius 2 is 1.90 bits per heavy atom. The van der Waals surface area contributed by atoms with Crippen LogP contribution in [0.1, 0.15) is 34.5 Å². The van der Waals surface area contributed by atoms with E-state index < -0.39 is 0 Å². The van der Waals surface area contributed by atoms with Gasteiger partial charge in [-0.3, -0.25) is 4.79 Å². The second-order valence-corrected chi connectivity index (χ2v) is 8.00. The standard InChI is InChI=1S/C23H25N3O2S/c1-25(14-19-6-2-3-7-22(19)26-12-4-5-13-26)23(27)18-8-10-21(11-9-18)28-15-20-16-29-17-24-20/h2-3,6-11,16-17H,4-5,12-15H2,1H3. The summed E-state index contributed by atoms with van der Waals surface area (Å²) in [5.41, 5.74) is 5.79. The lowest BCUT2D eigenvalue weighted by Gasteiger charge is -2.24. The fourth-order valence-electron chi connectivity index (χ4n) is 3.62. The highest BCUT2D eigenvalue weighted by molar-refractivity contribution is 7.07. The molecule has 0 N–H and O–H groups in total. The molecule has 1 aliphatic rings. The molecule has 2 heterocycles. The number of hydrogen-bond donors (Lipinski definition) is 0. The van der Waals surface area contributed by atoms with Crippen molar-refractivity contribution in [3.8, 4) is 5.75 Å². The maximum absolute atomic E-state index is 12.9. The average molecular weight is 408 g/mol. The lowest BCUT2D eigenvalue weighted by atomic mass is 10.1. The van der Waals surface area contributed by atoms with Gasteiger partial charge in [-0.05, 0) is 48.7 Å². The van der Waals surface area contributed by atoms with Crippen molar-refractivity contribution in [2.24, 2.45) is 0 Å². The quantitative estimate of drug-likeness (QED) is 0.574. The van der Waals surface area contributed by atoms with Gasteiger partial charge in [0.05, 0.1) is 11.2 Å². The summed E-state index contributed by atoms with van der Waals surface area (Å²) in [4.78, 5) is 21.3. The number of hydrogen-bond acceptors (Lipinski definition) is 5. The predicted octanol–water partition coefficient (Wildman–Crippen LogP) is 4.59. The van der Waals surface area contributed by atoms with Crippen molar-refractivity contribution in [3.05, 3.63) is 76.2 Å². The molecule has 6 heteroatoms. The Kier molecular flexibility index (Phi) is 6.10. The zero-order chi connectivity index (χ0) is 20.1. The number of carbonyl (C=O) groups excluding carboxylic acids is 1. The molecule has 0 atom stereocenters. The highest BCUT2D eigenvalue weighted by atomic mass is 32.1. The first kappa shape index (κ1) is 19.5. The zero-order valence-electron chi connectivity index (χ0n) is 16.6. The van der Waals surface area contributed by atoms with Crippen molar-refractivity contribution in [2.45, 2.75) is 26.0 Å². The minimum Gasteiger partial charge on any atom is -0.487 e. The molecule has 1 aromatic heterocycles. The summed E-state index contributed by atoms with van der Waals surface area (Å²) >= 11 is 1.55. The highest BCUT2D eigenvalue weighted by Gasteiger charge is 2.18. The molecule has 0 aliphatic carbocycles. The van der Waals surface area contributed by atoms with Crippen LogP contribution in [-0.2, 0) is 13.2 Å². The molecule has 4 rings (SSSR count). The molecular weight excluding hydrogens is 382 g/mol. The van der Waals surface area contributed by atoms with Crippen LogP contribution in [-0.4, -0.2) is 35.9 Å². The van der Waals surface area contributed by atoms with Crippen molar-refractivity contribution < 1.29 is 9.53 Å². The molecule has 0 radical (unpaired) electrons. The van der Waals surface area contributed by atoms with Gasteiger partial charge in [-0.15, -0.1) is 11.3 Å². The summed E-state index contributed by atoms with van der Waals surface area (Å²) in [6.07, 6.45) is 2.47. The highest BCUT2D eigenvalue weighted by Crippen LogP contribution is 2.26. The normalized spacial score (nSPS) is 13.5. The van der Waals surface area contributed by atoms with Crippen LogP contribution in [0.5, 0.6) is 5.75 Å². The summed E-state index contributed by atoms with van der Waals surface area (Å²) in [5, 5.41) is 1.97. The zero-order valence-corrected chi connectivity index (χ0v) is 17.4. The number of nitrogens with zero attached hydrogens (tertiary/aromatic N) is 3. The monoisotopic (exact) mass is 407 g/mol. The number of para-hydroxylation sites is 1. The van der Waals surface area contributed by atoms with Crippen LogP contribution in [0, 0.1) is 0 Å². The van der Waals surface area contributed by atoms with E-state index in [0.29, 0.717) is 18.7 Å². The molecular formula is C23H25N3O2S. The third-order valence-corrected chi connectivity index (χ3v) is 5.80. The number of amides is 1. The van der Waals surface area contributed by atoms with Gasteiger partial charge in [-0.25, -0.2) is 4.98 Å². The van der Waals surface area contributed by atoms with Crippen LogP contribution in [0.15, 0.2) is 59.4 Å². The van der Waals surface area contributed by atoms with Crippen molar-refractivity contribution in [1.29, 1.82) is 0 Å². The minimum absolute atomic E-state index is 0.00674. The van der Waals surface area contributed by atoms with E-state index in [0.717, 1.165) is 24.5 Å². The Balaban J connectivity index is 1.39. The first-order valence-electron chi connectivity index (χ1n) is 9.89. The van der Waals surface area contributed by atoms with Crippen molar-refractivity contribution in [1.82, 2.24) is 9.88 Å². The van der Waals surface area contributed by atoms with E-state index in [9.17, 15) is 4.79 Å². The first-order valence-corrected chi connectivity index (χ1v) is 10.8.